The molecule has 1 saturated heterocycles. The third-order valence-corrected chi connectivity index (χ3v) is 6.91. The fraction of sp³-hybridized carbons (Fsp3) is 0.316. The molecule has 0 atom stereocenters. The third-order valence-electron chi connectivity index (χ3n) is 4.44. The highest BCUT2D eigenvalue weighted by atomic mass is 35.5. The number of halogens is 1. The average molecular weight is 424 g/mol. The lowest BCUT2D eigenvalue weighted by Gasteiger charge is -2.27. The number of anilines is 2. The number of benzene rings is 2. The van der Waals surface area contributed by atoms with E-state index >= 15 is 0 Å². The summed E-state index contributed by atoms with van der Waals surface area (Å²) in [5.41, 5.74) is 1.99. The van der Waals surface area contributed by atoms with Crippen LogP contribution in [-0.4, -0.2) is 30.9 Å². The molecule has 2 aromatic rings. The zero-order valence-electron chi connectivity index (χ0n) is 15.0. The van der Waals surface area contributed by atoms with E-state index in [4.69, 9.17) is 23.8 Å². The van der Waals surface area contributed by atoms with Crippen LogP contribution in [0.5, 0.6) is 0 Å². The van der Waals surface area contributed by atoms with Gasteiger partial charge in [-0.1, -0.05) is 36.2 Å². The maximum Gasteiger partial charge on any atom is 0.245 e. The highest BCUT2D eigenvalue weighted by Gasteiger charge is 2.28. The molecule has 0 unspecified atom stereocenters. The van der Waals surface area contributed by atoms with Crippen molar-refractivity contribution in [2.45, 2.75) is 31.1 Å². The SMILES string of the molecule is Cc1ccc(NC(=S)Nc2ccccc2Cl)c(S(=O)(=O)N2CCCCC2)c1. The largest absolute Gasteiger partial charge is 0.331 e. The normalized spacial score (nSPS) is 15.3. The lowest BCUT2D eigenvalue weighted by Crippen LogP contribution is -2.36. The summed E-state index contributed by atoms with van der Waals surface area (Å²) in [6.07, 6.45) is 2.84. The van der Waals surface area contributed by atoms with Gasteiger partial charge in [0.15, 0.2) is 5.11 Å². The van der Waals surface area contributed by atoms with Crippen molar-refractivity contribution >= 4 is 50.3 Å². The van der Waals surface area contributed by atoms with Crippen LogP contribution in [0, 0.1) is 6.92 Å². The van der Waals surface area contributed by atoms with Crippen molar-refractivity contribution in [2.24, 2.45) is 0 Å². The first-order valence-corrected chi connectivity index (χ1v) is 11.0. The van der Waals surface area contributed by atoms with Crippen LogP contribution in [0.4, 0.5) is 11.4 Å². The molecular formula is C19H22ClN3O2S2. The Morgan fingerprint density at radius 3 is 2.41 bits per heavy atom. The predicted octanol–water partition coefficient (Wildman–Crippen LogP) is 4.63. The minimum atomic E-state index is -3.58. The van der Waals surface area contributed by atoms with Crippen molar-refractivity contribution < 1.29 is 8.42 Å². The Kier molecular flexibility index (Phi) is 6.37. The first-order chi connectivity index (χ1) is 12.9. The molecule has 0 radical (unpaired) electrons. The second kappa shape index (κ2) is 8.56. The van der Waals surface area contributed by atoms with E-state index in [2.05, 4.69) is 10.6 Å². The van der Waals surface area contributed by atoms with E-state index in [0.29, 0.717) is 29.5 Å². The summed E-state index contributed by atoms with van der Waals surface area (Å²) in [5.74, 6) is 0. The van der Waals surface area contributed by atoms with Crippen LogP contribution in [-0.2, 0) is 10.0 Å². The van der Waals surface area contributed by atoms with Crippen LogP contribution < -0.4 is 10.6 Å². The van der Waals surface area contributed by atoms with Gasteiger partial charge in [0, 0.05) is 13.1 Å². The summed E-state index contributed by atoms with van der Waals surface area (Å²) in [4.78, 5) is 0.243. The molecule has 0 spiro atoms. The Morgan fingerprint density at radius 2 is 1.70 bits per heavy atom. The minimum Gasteiger partial charge on any atom is -0.331 e. The molecule has 3 rings (SSSR count). The highest BCUT2D eigenvalue weighted by Crippen LogP contribution is 2.28. The van der Waals surface area contributed by atoms with Crippen LogP contribution in [0.15, 0.2) is 47.4 Å². The first kappa shape index (κ1) is 20.1. The number of hydrogen-bond donors (Lipinski definition) is 2. The number of rotatable bonds is 4. The van der Waals surface area contributed by atoms with E-state index in [9.17, 15) is 8.42 Å². The van der Waals surface area contributed by atoms with Gasteiger partial charge in [0.2, 0.25) is 10.0 Å². The minimum absolute atomic E-state index is 0.243. The van der Waals surface area contributed by atoms with Crippen molar-refractivity contribution in [3.63, 3.8) is 0 Å². The van der Waals surface area contributed by atoms with Crippen LogP contribution in [0.1, 0.15) is 24.8 Å². The van der Waals surface area contributed by atoms with Crippen molar-refractivity contribution in [1.82, 2.24) is 4.31 Å². The molecule has 8 heteroatoms. The smallest absolute Gasteiger partial charge is 0.245 e. The Balaban J connectivity index is 1.86. The average Bonchev–Trinajstić information content (AvgIpc) is 2.66. The Morgan fingerprint density at radius 1 is 1.04 bits per heavy atom. The number of aryl methyl sites for hydroxylation is 1. The van der Waals surface area contributed by atoms with E-state index in [0.717, 1.165) is 24.8 Å². The number of thiocarbonyl (C=S) groups is 1. The number of nitrogens with zero attached hydrogens (tertiary/aromatic N) is 1. The van der Waals surface area contributed by atoms with Gasteiger partial charge in [-0.2, -0.15) is 4.31 Å². The fourth-order valence-electron chi connectivity index (χ4n) is 3.03. The summed E-state index contributed by atoms with van der Waals surface area (Å²) in [7, 11) is -3.58. The van der Waals surface area contributed by atoms with E-state index in [1.165, 1.54) is 0 Å². The fourth-order valence-corrected chi connectivity index (χ4v) is 5.18. The van der Waals surface area contributed by atoms with Gasteiger partial charge in [-0.15, -0.1) is 0 Å². The predicted molar refractivity (Wildman–Crippen MR) is 115 cm³/mol. The van der Waals surface area contributed by atoms with E-state index in [-0.39, 0.29) is 10.0 Å². The van der Waals surface area contributed by atoms with Gasteiger partial charge in [0.25, 0.3) is 0 Å². The second-order valence-corrected chi connectivity index (χ2v) is 9.25. The summed E-state index contributed by atoms with van der Waals surface area (Å²) in [5, 5.41) is 6.84. The number of sulfonamides is 1. The monoisotopic (exact) mass is 423 g/mol. The Hall–Kier alpha value is -1.67. The van der Waals surface area contributed by atoms with Gasteiger partial charge in [-0.3, -0.25) is 0 Å². The molecule has 2 N–H and O–H groups in total. The van der Waals surface area contributed by atoms with Gasteiger partial charge in [-0.05, 0) is 61.8 Å². The van der Waals surface area contributed by atoms with E-state index in [1.54, 1.807) is 28.6 Å². The van der Waals surface area contributed by atoms with Crippen LogP contribution in [0.3, 0.4) is 0 Å². The highest BCUT2D eigenvalue weighted by molar-refractivity contribution is 7.89. The molecule has 0 aromatic heterocycles. The molecule has 1 heterocycles. The van der Waals surface area contributed by atoms with Gasteiger partial charge in [0.1, 0.15) is 4.90 Å². The van der Waals surface area contributed by atoms with Crippen molar-refractivity contribution in [2.75, 3.05) is 23.7 Å². The molecule has 0 aliphatic carbocycles. The lowest BCUT2D eigenvalue weighted by molar-refractivity contribution is 0.347. The summed E-state index contributed by atoms with van der Waals surface area (Å²) < 4.78 is 27.9. The summed E-state index contributed by atoms with van der Waals surface area (Å²) in [6, 6.07) is 12.5. The van der Waals surface area contributed by atoms with Gasteiger partial charge < -0.3 is 10.6 Å². The van der Waals surface area contributed by atoms with Crippen molar-refractivity contribution in [3.05, 3.63) is 53.1 Å². The maximum absolute atomic E-state index is 13.2. The molecule has 27 heavy (non-hydrogen) atoms. The second-order valence-electron chi connectivity index (χ2n) is 6.52. The molecular weight excluding hydrogens is 402 g/mol. The molecule has 0 bridgehead atoms. The van der Waals surface area contributed by atoms with Crippen molar-refractivity contribution in [3.8, 4) is 0 Å². The quantitative estimate of drug-likeness (QED) is 0.702. The lowest BCUT2D eigenvalue weighted by atomic mass is 10.2. The molecule has 5 nitrogen and oxygen atoms in total. The Labute approximate surface area is 170 Å². The summed E-state index contributed by atoms with van der Waals surface area (Å²) >= 11 is 11.5. The summed E-state index contributed by atoms with van der Waals surface area (Å²) in [6.45, 7) is 2.98. The Bertz CT molecular complexity index is 942. The first-order valence-electron chi connectivity index (χ1n) is 8.81. The van der Waals surface area contributed by atoms with E-state index < -0.39 is 10.0 Å². The van der Waals surface area contributed by atoms with E-state index in [1.807, 2.05) is 25.1 Å². The standard InChI is InChI=1S/C19H22ClN3O2S2/c1-14-9-10-17(22-19(26)21-16-8-4-3-7-15(16)20)18(13-14)27(24,25)23-11-5-2-6-12-23/h3-4,7-10,13H,2,5-6,11-12H2,1H3,(H2,21,22,26). The molecule has 0 amide bonds. The number of hydrogen-bond acceptors (Lipinski definition) is 3. The third kappa shape index (κ3) is 4.79. The number of nitrogens with one attached hydrogen (secondary N) is 2. The molecule has 1 fully saturated rings. The topological polar surface area (TPSA) is 61.4 Å². The zero-order valence-corrected chi connectivity index (χ0v) is 17.4. The molecule has 144 valence electrons. The number of piperidine rings is 1. The molecule has 1 aliphatic heterocycles. The molecule has 1 aliphatic rings. The molecule has 2 aromatic carbocycles. The number of para-hydroxylation sites is 1. The van der Waals surface area contributed by atoms with Crippen LogP contribution in [0.25, 0.3) is 0 Å². The maximum atomic E-state index is 13.2. The van der Waals surface area contributed by atoms with Crippen molar-refractivity contribution in [1.29, 1.82) is 0 Å². The molecule has 0 saturated carbocycles. The van der Waals surface area contributed by atoms with Crippen LogP contribution >= 0.6 is 23.8 Å². The van der Waals surface area contributed by atoms with Gasteiger partial charge >= 0.3 is 0 Å². The van der Waals surface area contributed by atoms with Gasteiger partial charge in [-0.25, -0.2) is 8.42 Å². The van der Waals surface area contributed by atoms with Gasteiger partial charge in [0.05, 0.1) is 16.4 Å². The van der Waals surface area contributed by atoms with Crippen LogP contribution in [0.2, 0.25) is 5.02 Å². The zero-order chi connectivity index (χ0) is 19.4.